The van der Waals surface area contributed by atoms with E-state index in [1.807, 2.05) is 30.3 Å². The monoisotopic (exact) mass is 269 g/mol. The van der Waals surface area contributed by atoms with Crippen LogP contribution >= 0.6 is 0 Å². The van der Waals surface area contributed by atoms with Crippen LogP contribution in [0.3, 0.4) is 0 Å². The van der Waals surface area contributed by atoms with Gasteiger partial charge in [-0.25, -0.2) is 0 Å². The van der Waals surface area contributed by atoms with Gasteiger partial charge in [-0.3, -0.25) is 0 Å². The molecule has 2 heteroatoms. The van der Waals surface area contributed by atoms with E-state index >= 15 is 0 Å². The average Bonchev–Trinajstić information content (AvgIpc) is 2.49. The molecule has 2 aromatic carbocycles. The number of hydrogen-bond donors (Lipinski definition) is 1. The van der Waals surface area contributed by atoms with E-state index in [0.29, 0.717) is 0 Å². The van der Waals surface area contributed by atoms with Crippen molar-refractivity contribution in [3.63, 3.8) is 0 Å². The molecule has 0 saturated heterocycles. The Hall–Kier alpha value is -1.80. The highest BCUT2D eigenvalue weighted by Crippen LogP contribution is 2.19. The Balaban J connectivity index is 1.92. The van der Waals surface area contributed by atoms with Crippen LogP contribution in [-0.4, -0.2) is 6.61 Å². The summed E-state index contributed by atoms with van der Waals surface area (Å²) in [7, 11) is 0. The summed E-state index contributed by atoms with van der Waals surface area (Å²) in [6, 6.07) is 18.5. The molecule has 0 saturated carbocycles. The topological polar surface area (TPSA) is 35.2 Å². The molecule has 1 atom stereocenters. The van der Waals surface area contributed by atoms with E-state index in [1.54, 1.807) is 0 Å². The highest BCUT2D eigenvalue weighted by Gasteiger charge is 2.07. The van der Waals surface area contributed by atoms with Gasteiger partial charge in [0.15, 0.2) is 0 Å². The molecule has 2 N–H and O–H groups in total. The van der Waals surface area contributed by atoms with Gasteiger partial charge >= 0.3 is 0 Å². The Kier molecular flexibility index (Phi) is 5.63. The van der Waals surface area contributed by atoms with Crippen molar-refractivity contribution in [2.24, 2.45) is 5.73 Å². The predicted octanol–water partition coefficient (Wildman–Crippen LogP) is 4.11. The largest absolute Gasteiger partial charge is 0.494 e. The lowest BCUT2D eigenvalue weighted by Crippen LogP contribution is -2.13. The van der Waals surface area contributed by atoms with Crippen molar-refractivity contribution in [1.29, 1.82) is 0 Å². The summed E-state index contributed by atoms with van der Waals surface area (Å²) in [5.41, 5.74) is 8.67. The van der Waals surface area contributed by atoms with Crippen LogP contribution in [0.4, 0.5) is 0 Å². The van der Waals surface area contributed by atoms with Gasteiger partial charge in [0.1, 0.15) is 5.75 Å². The van der Waals surface area contributed by atoms with E-state index < -0.39 is 0 Å². The molecule has 2 rings (SSSR count). The Morgan fingerprint density at radius 2 is 1.70 bits per heavy atom. The zero-order chi connectivity index (χ0) is 14.2. The summed E-state index contributed by atoms with van der Waals surface area (Å²) < 4.78 is 5.66. The Morgan fingerprint density at radius 1 is 1.00 bits per heavy atom. The lowest BCUT2D eigenvalue weighted by atomic mass is 10.00. The zero-order valence-electron chi connectivity index (χ0n) is 12.1. The van der Waals surface area contributed by atoms with E-state index in [2.05, 4.69) is 31.2 Å². The van der Waals surface area contributed by atoms with Crippen LogP contribution in [-0.2, 0) is 6.42 Å². The minimum absolute atomic E-state index is 0.0297. The summed E-state index contributed by atoms with van der Waals surface area (Å²) in [6.45, 7) is 2.95. The van der Waals surface area contributed by atoms with Crippen LogP contribution in [0.2, 0.25) is 0 Å². The molecule has 2 aromatic rings. The molecule has 0 aliphatic carbocycles. The first-order valence-corrected chi connectivity index (χ1v) is 7.32. The maximum Gasteiger partial charge on any atom is 0.119 e. The van der Waals surface area contributed by atoms with Crippen molar-refractivity contribution in [3.05, 3.63) is 65.7 Å². The minimum Gasteiger partial charge on any atom is -0.494 e. The number of hydrogen-bond acceptors (Lipinski definition) is 2. The molecule has 0 aliphatic rings. The average molecular weight is 269 g/mol. The van der Waals surface area contributed by atoms with Crippen LogP contribution in [0.15, 0.2) is 54.6 Å². The number of rotatable bonds is 7. The second-order valence-electron chi connectivity index (χ2n) is 5.07. The SMILES string of the molecule is CCCCOc1ccc([C@H](N)Cc2ccccc2)cc1. The molecule has 0 unspecified atom stereocenters. The summed E-state index contributed by atoms with van der Waals surface area (Å²) in [6.07, 6.45) is 3.10. The summed E-state index contributed by atoms with van der Waals surface area (Å²) in [5.74, 6) is 0.925. The van der Waals surface area contributed by atoms with Gasteiger partial charge < -0.3 is 10.5 Å². The quantitative estimate of drug-likeness (QED) is 0.768. The third kappa shape index (κ3) is 4.39. The molecule has 0 radical (unpaired) electrons. The molecule has 0 amide bonds. The van der Waals surface area contributed by atoms with Crippen LogP contribution in [0.5, 0.6) is 5.75 Å². The van der Waals surface area contributed by atoms with Gasteiger partial charge in [-0.2, -0.15) is 0 Å². The summed E-state index contributed by atoms with van der Waals surface area (Å²) in [5, 5.41) is 0. The maximum atomic E-state index is 6.26. The maximum absolute atomic E-state index is 6.26. The molecular formula is C18H23NO. The molecule has 0 aliphatic heterocycles. The highest BCUT2D eigenvalue weighted by atomic mass is 16.5. The normalized spacial score (nSPS) is 12.1. The number of nitrogens with two attached hydrogens (primary N) is 1. The summed E-state index contributed by atoms with van der Waals surface area (Å²) >= 11 is 0. The molecule has 106 valence electrons. The van der Waals surface area contributed by atoms with E-state index in [-0.39, 0.29) is 6.04 Å². The first-order valence-electron chi connectivity index (χ1n) is 7.32. The highest BCUT2D eigenvalue weighted by molar-refractivity contribution is 5.30. The van der Waals surface area contributed by atoms with Gasteiger partial charge in [0.2, 0.25) is 0 Å². The van der Waals surface area contributed by atoms with Crippen molar-refractivity contribution in [1.82, 2.24) is 0 Å². The van der Waals surface area contributed by atoms with Crippen molar-refractivity contribution >= 4 is 0 Å². The van der Waals surface area contributed by atoms with E-state index in [9.17, 15) is 0 Å². The van der Waals surface area contributed by atoms with Crippen LogP contribution in [0.1, 0.15) is 36.9 Å². The van der Waals surface area contributed by atoms with Gasteiger partial charge in [0, 0.05) is 6.04 Å². The van der Waals surface area contributed by atoms with Gasteiger partial charge in [0.25, 0.3) is 0 Å². The smallest absolute Gasteiger partial charge is 0.119 e. The van der Waals surface area contributed by atoms with Crippen molar-refractivity contribution in [3.8, 4) is 5.75 Å². The van der Waals surface area contributed by atoms with E-state index in [1.165, 1.54) is 5.56 Å². The van der Waals surface area contributed by atoms with E-state index in [0.717, 1.165) is 37.2 Å². The molecular weight excluding hydrogens is 246 g/mol. The van der Waals surface area contributed by atoms with Gasteiger partial charge in [0.05, 0.1) is 6.61 Å². The lowest BCUT2D eigenvalue weighted by molar-refractivity contribution is 0.309. The van der Waals surface area contributed by atoms with Crippen molar-refractivity contribution < 1.29 is 4.74 Å². The molecule has 0 bridgehead atoms. The second-order valence-corrected chi connectivity index (χ2v) is 5.07. The number of benzene rings is 2. The molecule has 0 spiro atoms. The minimum atomic E-state index is 0.0297. The molecule has 0 aromatic heterocycles. The van der Waals surface area contributed by atoms with Gasteiger partial charge in [-0.15, -0.1) is 0 Å². The van der Waals surface area contributed by atoms with Crippen molar-refractivity contribution in [2.75, 3.05) is 6.61 Å². The summed E-state index contributed by atoms with van der Waals surface area (Å²) in [4.78, 5) is 0. The van der Waals surface area contributed by atoms with Crippen LogP contribution in [0, 0.1) is 0 Å². The van der Waals surface area contributed by atoms with Crippen molar-refractivity contribution in [2.45, 2.75) is 32.2 Å². The van der Waals surface area contributed by atoms with Gasteiger partial charge in [-0.05, 0) is 36.1 Å². The number of unbranched alkanes of at least 4 members (excludes halogenated alkanes) is 1. The fourth-order valence-electron chi connectivity index (χ4n) is 2.13. The van der Waals surface area contributed by atoms with Crippen LogP contribution in [0.25, 0.3) is 0 Å². The van der Waals surface area contributed by atoms with Gasteiger partial charge in [-0.1, -0.05) is 55.8 Å². The molecule has 2 nitrogen and oxygen atoms in total. The molecule has 0 fully saturated rings. The van der Waals surface area contributed by atoms with Crippen LogP contribution < -0.4 is 10.5 Å². The standard InChI is InChI=1S/C18H23NO/c1-2-3-13-20-17-11-9-16(10-12-17)18(19)14-15-7-5-4-6-8-15/h4-12,18H,2-3,13-14,19H2,1H3/t18-/m1/s1. The van der Waals surface area contributed by atoms with E-state index in [4.69, 9.17) is 10.5 Å². The second kappa shape index (κ2) is 7.71. The Morgan fingerprint density at radius 3 is 2.35 bits per heavy atom. The lowest BCUT2D eigenvalue weighted by Gasteiger charge is -2.13. The predicted molar refractivity (Wildman–Crippen MR) is 83.9 cm³/mol. The Bertz CT molecular complexity index is 493. The number of ether oxygens (including phenoxy) is 1. The molecule has 20 heavy (non-hydrogen) atoms. The fourth-order valence-corrected chi connectivity index (χ4v) is 2.13. The first kappa shape index (κ1) is 14.6. The third-order valence-electron chi connectivity index (χ3n) is 3.37. The first-order chi connectivity index (χ1) is 9.79. The molecule has 0 heterocycles. The zero-order valence-corrected chi connectivity index (χ0v) is 12.1. The third-order valence-corrected chi connectivity index (χ3v) is 3.37. The fraction of sp³-hybridized carbons (Fsp3) is 0.333. The Labute approximate surface area is 121 Å².